The lowest BCUT2D eigenvalue weighted by Gasteiger charge is -2.35. The van der Waals surface area contributed by atoms with Gasteiger partial charge < -0.3 is 14.5 Å². The van der Waals surface area contributed by atoms with Gasteiger partial charge in [0.1, 0.15) is 5.82 Å². The molecule has 0 unspecified atom stereocenters. The van der Waals surface area contributed by atoms with Crippen molar-refractivity contribution < 1.29 is 4.79 Å². The zero-order chi connectivity index (χ0) is 18.1. The minimum atomic E-state index is -0.151. The molecule has 1 saturated carbocycles. The van der Waals surface area contributed by atoms with Gasteiger partial charge in [0.25, 0.3) is 5.91 Å². The molecule has 0 radical (unpaired) electrons. The van der Waals surface area contributed by atoms with Crippen LogP contribution in [0.15, 0.2) is 37.2 Å². The predicted octanol–water partition coefficient (Wildman–Crippen LogP) is 1.78. The molecule has 0 saturated heterocycles. The molecule has 0 aliphatic heterocycles. The number of carbonyl (C=O) groups excluding carboxylic acids is 1. The molecule has 0 spiro atoms. The summed E-state index contributed by atoms with van der Waals surface area (Å²) in [4.78, 5) is 20.2. The first-order chi connectivity index (χ1) is 12.6. The van der Waals surface area contributed by atoms with E-state index in [1.165, 1.54) is 12.4 Å². The topological polar surface area (TPSA) is 90.5 Å². The van der Waals surface area contributed by atoms with E-state index in [4.69, 9.17) is 11.6 Å². The second-order valence-electron chi connectivity index (χ2n) is 6.50. The number of halogens is 1. The van der Waals surface area contributed by atoms with Gasteiger partial charge in [-0.1, -0.05) is 11.6 Å². The fourth-order valence-corrected chi connectivity index (χ4v) is 3.34. The summed E-state index contributed by atoms with van der Waals surface area (Å²) in [5, 5.41) is 12.1. The van der Waals surface area contributed by atoms with Crippen molar-refractivity contribution in [3.63, 3.8) is 0 Å². The average Bonchev–Trinajstić information content (AvgIpc) is 3.22. The van der Waals surface area contributed by atoms with E-state index in [1.54, 1.807) is 18.6 Å². The molecule has 1 aliphatic rings. The third-order valence-corrected chi connectivity index (χ3v) is 4.89. The van der Waals surface area contributed by atoms with Crippen molar-refractivity contribution >= 4 is 17.5 Å². The van der Waals surface area contributed by atoms with Gasteiger partial charge in [-0.25, -0.2) is 4.98 Å². The Hall–Kier alpha value is -2.74. The highest BCUT2D eigenvalue weighted by atomic mass is 35.5. The lowest BCUT2D eigenvalue weighted by molar-refractivity contribution is 0.0906. The molecule has 1 fully saturated rings. The number of pyridine rings is 1. The smallest absolute Gasteiger partial charge is 0.253 e. The van der Waals surface area contributed by atoms with E-state index in [-0.39, 0.29) is 11.9 Å². The van der Waals surface area contributed by atoms with Crippen LogP contribution in [0.4, 0.5) is 0 Å². The Balaban J connectivity index is 1.35. The summed E-state index contributed by atoms with van der Waals surface area (Å²) in [7, 11) is 1.98. The van der Waals surface area contributed by atoms with E-state index in [0.717, 1.165) is 24.5 Å². The number of nitrogens with zero attached hydrogens (tertiary/aromatic N) is 6. The SMILES string of the molecule is Cn1c(Cn2ccnc2)nnc1C1CC(NC(=O)c2cncc(Cl)c2)C1. The van der Waals surface area contributed by atoms with Crippen molar-refractivity contribution in [1.29, 1.82) is 0 Å². The maximum Gasteiger partial charge on any atom is 0.253 e. The van der Waals surface area contributed by atoms with Crippen molar-refractivity contribution in [2.45, 2.75) is 31.3 Å². The molecule has 4 rings (SSSR count). The third kappa shape index (κ3) is 3.32. The first-order valence-corrected chi connectivity index (χ1v) is 8.73. The number of nitrogens with one attached hydrogen (secondary N) is 1. The largest absolute Gasteiger partial charge is 0.349 e. The highest BCUT2D eigenvalue weighted by Gasteiger charge is 2.35. The van der Waals surface area contributed by atoms with Crippen LogP contribution in [-0.2, 0) is 13.6 Å². The van der Waals surface area contributed by atoms with Crippen LogP contribution < -0.4 is 5.32 Å². The fourth-order valence-electron chi connectivity index (χ4n) is 3.16. The summed E-state index contributed by atoms with van der Waals surface area (Å²) >= 11 is 5.88. The maximum absolute atomic E-state index is 12.2. The van der Waals surface area contributed by atoms with E-state index in [0.29, 0.717) is 23.0 Å². The minimum Gasteiger partial charge on any atom is -0.349 e. The number of amides is 1. The molecule has 26 heavy (non-hydrogen) atoms. The minimum absolute atomic E-state index is 0.125. The first kappa shape index (κ1) is 16.7. The van der Waals surface area contributed by atoms with Crippen LogP contribution in [-0.4, -0.2) is 41.2 Å². The Morgan fingerprint density at radius 3 is 2.88 bits per heavy atom. The second-order valence-corrected chi connectivity index (χ2v) is 6.94. The van der Waals surface area contributed by atoms with Crippen LogP contribution >= 0.6 is 11.6 Å². The van der Waals surface area contributed by atoms with E-state index in [1.807, 2.05) is 22.4 Å². The van der Waals surface area contributed by atoms with Crippen LogP contribution in [0.25, 0.3) is 0 Å². The molecular formula is C17H18ClN7O. The van der Waals surface area contributed by atoms with E-state index < -0.39 is 0 Å². The molecule has 8 nitrogen and oxygen atoms in total. The van der Waals surface area contributed by atoms with Crippen molar-refractivity contribution in [3.8, 4) is 0 Å². The zero-order valence-corrected chi connectivity index (χ0v) is 15.0. The normalized spacial score (nSPS) is 19.2. The Labute approximate surface area is 155 Å². The Morgan fingerprint density at radius 1 is 1.31 bits per heavy atom. The number of hydrogen-bond donors (Lipinski definition) is 1. The molecular weight excluding hydrogens is 354 g/mol. The van der Waals surface area contributed by atoms with Crippen molar-refractivity contribution in [1.82, 2.24) is 34.6 Å². The lowest BCUT2D eigenvalue weighted by atomic mass is 9.79. The number of carbonyl (C=O) groups is 1. The fraction of sp³-hybridized carbons (Fsp3) is 0.353. The van der Waals surface area contributed by atoms with Crippen LogP contribution in [0.5, 0.6) is 0 Å². The van der Waals surface area contributed by atoms with Crippen LogP contribution in [0.3, 0.4) is 0 Å². The van der Waals surface area contributed by atoms with Gasteiger partial charge in [0.2, 0.25) is 0 Å². The van der Waals surface area contributed by atoms with Crippen LogP contribution in [0, 0.1) is 0 Å². The van der Waals surface area contributed by atoms with Gasteiger partial charge in [-0.15, -0.1) is 10.2 Å². The second kappa shape index (κ2) is 6.87. The quantitative estimate of drug-likeness (QED) is 0.738. The molecule has 0 aromatic carbocycles. The summed E-state index contributed by atoms with van der Waals surface area (Å²) < 4.78 is 3.99. The molecule has 0 atom stereocenters. The molecule has 134 valence electrons. The first-order valence-electron chi connectivity index (χ1n) is 8.35. The van der Waals surface area contributed by atoms with Gasteiger partial charge in [0.15, 0.2) is 5.82 Å². The summed E-state index contributed by atoms with van der Waals surface area (Å²) in [5.41, 5.74) is 0.474. The standard InChI is InChI=1S/C17H18ClN7O/c1-24-15(9-25-3-2-19-10-25)22-23-16(24)11-5-14(6-11)21-17(26)12-4-13(18)8-20-7-12/h2-4,7-8,10-11,14H,5-6,9H2,1H3,(H,21,26). The summed E-state index contributed by atoms with van der Waals surface area (Å²) in [6.45, 7) is 0.637. The van der Waals surface area contributed by atoms with E-state index in [2.05, 4.69) is 25.5 Å². The molecule has 1 amide bonds. The van der Waals surface area contributed by atoms with Gasteiger partial charge >= 0.3 is 0 Å². The number of hydrogen-bond acceptors (Lipinski definition) is 5. The van der Waals surface area contributed by atoms with Crippen molar-refractivity contribution in [2.75, 3.05) is 0 Å². The molecule has 0 bridgehead atoms. The molecule has 1 N–H and O–H groups in total. The van der Waals surface area contributed by atoms with Crippen LogP contribution in [0.2, 0.25) is 5.02 Å². The van der Waals surface area contributed by atoms with Crippen molar-refractivity contribution in [3.05, 3.63) is 59.4 Å². The van der Waals surface area contributed by atoms with Gasteiger partial charge in [-0.05, 0) is 18.9 Å². The zero-order valence-electron chi connectivity index (χ0n) is 14.2. The average molecular weight is 372 g/mol. The number of rotatable bonds is 5. The van der Waals surface area contributed by atoms with Gasteiger partial charge in [-0.3, -0.25) is 9.78 Å². The van der Waals surface area contributed by atoms with Gasteiger partial charge in [0, 0.05) is 43.8 Å². The summed E-state index contributed by atoms with van der Waals surface area (Å²) in [6, 6.07) is 1.74. The lowest BCUT2D eigenvalue weighted by Crippen LogP contribution is -2.44. The highest BCUT2D eigenvalue weighted by molar-refractivity contribution is 6.30. The predicted molar refractivity (Wildman–Crippen MR) is 94.8 cm³/mol. The van der Waals surface area contributed by atoms with Crippen LogP contribution in [0.1, 0.15) is 40.8 Å². The molecule has 3 aromatic heterocycles. The molecule has 3 heterocycles. The molecule has 1 aliphatic carbocycles. The Kier molecular flexibility index (Phi) is 4.42. The third-order valence-electron chi connectivity index (χ3n) is 4.69. The van der Waals surface area contributed by atoms with E-state index >= 15 is 0 Å². The van der Waals surface area contributed by atoms with Gasteiger partial charge in [-0.2, -0.15) is 0 Å². The Bertz CT molecular complexity index is 915. The monoisotopic (exact) mass is 371 g/mol. The van der Waals surface area contributed by atoms with Gasteiger partial charge in [0.05, 0.1) is 23.5 Å². The summed E-state index contributed by atoms with van der Waals surface area (Å²) in [6.07, 6.45) is 10.1. The number of imidazole rings is 1. The Morgan fingerprint density at radius 2 is 2.15 bits per heavy atom. The molecule has 9 heteroatoms. The molecule has 3 aromatic rings. The summed E-state index contributed by atoms with van der Waals surface area (Å²) in [5.74, 6) is 1.99. The number of aromatic nitrogens is 6. The van der Waals surface area contributed by atoms with E-state index in [9.17, 15) is 4.79 Å². The highest BCUT2D eigenvalue weighted by Crippen LogP contribution is 2.36. The maximum atomic E-state index is 12.2. The van der Waals surface area contributed by atoms with Crippen molar-refractivity contribution in [2.24, 2.45) is 7.05 Å².